The minimum Gasteiger partial charge on any atom is -0.497 e. The molecule has 13 rings (SSSR count). The topological polar surface area (TPSA) is 289 Å². The van der Waals surface area contributed by atoms with Gasteiger partial charge in [0.1, 0.15) is 81.5 Å². The summed E-state index contributed by atoms with van der Waals surface area (Å²) >= 11 is 0. The molecular weight excluding hydrogens is 1690 g/mol. The summed E-state index contributed by atoms with van der Waals surface area (Å²) in [5, 5.41) is 4.46. The number of rotatable bonds is 20. The fourth-order valence-corrected chi connectivity index (χ4v) is 9.81. The fourth-order valence-electron chi connectivity index (χ4n) is 9.81. The number of ether oxygens (including phenoxy) is 11. The monoisotopic (exact) mass is 1810 g/mol. The smallest absolute Gasteiger partial charge is 0.338 e. The van der Waals surface area contributed by atoms with Crippen molar-refractivity contribution in [3.8, 4) is 62.9 Å². The normalized spacial score (nSPS) is 9.17. The van der Waals surface area contributed by atoms with Crippen molar-refractivity contribution in [1.29, 1.82) is 0 Å². The number of methoxy groups -OCH3 is 10. The summed E-state index contributed by atoms with van der Waals surface area (Å²) in [5.41, 5.74) is 6.95. The number of ketones is 10. The van der Waals surface area contributed by atoms with Crippen molar-refractivity contribution in [2.75, 3.05) is 84.3 Å². The zero-order valence-electron chi connectivity index (χ0n) is 80.9. The molecule has 13 aromatic carbocycles. The quantitative estimate of drug-likeness (QED) is 0.0389. The molecule has 13 aromatic rings. The van der Waals surface area contributed by atoms with E-state index < -0.39 is 5.97 Å². The minimum absolute atomic E-state index is 0.0284. The Labute approximate surface area is 784 Å². The molecule has 0 aromatic heterocycles. The molecule has 0 aliphatic carbocycles. The van der Waals surface area contributed by atoms with Crippen LogP contribution in [0.25, 0.3) is 32.7 Å². The highest BCUT2D eigenvalue weighted by molar-refractivity contribution is 6.00. The van der Waals surface area contributed by atoms with Gasteiger partial charge in [-0.15, -0.1) is 0 Å². The molecule has 0 atom stereocenters. The van der Waals surface area contributed by atoms with E-state index in [1.54, 1.807) is 220 Å². The third kappa shape index (κ3) is 55.9. The highest BCUT2D eigenvalue weighted by Crippen LogP contribution is 2.27. The Hall–Kier alpha value is -15.3. The molecule has 0 unspecified atom stereocenters. The molecule has 0 saturated heterocycles. The van der Waals surface area contributed by atoms with Crippen molar-refractivity contribution in [3.63, 3.8) is 0 Å². The van der Waals surface area contributed by atoms with Crippen LogP contribution in [0.5, 0.6) is 51.7 Å². The van der Waals surface area contributed by atoms with Crippen LogP contribution in [0.1, 0.15) is 169 Å². The molecule has 0 radical (unpaired) electrons. The first-order chi connectivity index (χ1) is 63.4. The summed E-state index contributed by atoms with van der Waals surface area (Å²) in [4.78, 5) is 115. The number of esters is 1. The Morgan fingerprint density at radius 1 is 0.180 bits per heavy atom. The average Bonchev–Trinajstić information content (AvgIpc) is 0.825. The van der Waals surface area contributed by atoms with E-state index in [0.29, 0.717) is 40.0 Å². The molecule has 0 N–H and O–H groups in total. The van der Waals surface area contributed by atoms with E-state index in [4.69, 9.17) is 52.1 Å². The summed E-state index contributed by atoms with van der Waals surface area (Å²) in [5.74, 6) is 8.05. The van der Waals surface area contributed by atoms with E-state index in [1.807, 2.05) is 194 Å². The standard InChI is InChI=1S/C14H14O2.C13H12O2.C12H14O4.C12H12O2.4C9H10O2.2C6H6.4C3H6O/c1-15-13-7-3-11(4-8-13)12-5-9-14(16-2)10-6-12;1-9(14)10-3-4-12-8-13(15-2)6-5-11(12)7-10;1-9(13)10-3-5-11(6-4-10)12(14)16-8-7-15-2;1-13-11-5-3-10-8-12(14-2)6-4-9(10)7-11;4*1-7(10)8-3-5-9(11-2)6-4-8;2*1-2-4-6-5-3-1;4*1-3(2)4/h3-10H,1-2H3;3-8H,1-2H3;3-6H,7-8H2,1-2H3;3-8H,1-2H3;4*3-6H,1-2H3;2*1-6H;4*1-2H3. The third-order valence-corrected chi connectivity index (χ3v) is 16.6. The van der Waals surface area contributed by atoms with Gasteiger partial charge >= 0.3 is 5.97 Å². The number of Topliss-reactive ketones (excluding diaryl/α,β-unsaturated/α-hetero) is 10. The zero-order chi connectivity index (χ0) is 100. The van der Waals surface area contributed by atoms with E-state index in [1.165, 1.54) is 80.6 Å². The molecule has 0 spiro atoms. The molecule has 0 bridgehead atoms. The molecule has 0 heterocycles. The van der Waals surface area contributed by atoms with Crippen LogP contribution in [0, 0.1) is 0 Å². The first kappa shape index (κ1) is 118. The Bertz CT molecular complexity index is 5060. The lowest BCUT2D eigenvalue weighted by Crippen LogP contribution is -2.10. The largest absolute Gasteiger partial charge is 0.497 e. The van der Waals surface area contributed by atoms with Crippen molar-refractivity contribution < 1.29 is 105 Å². The molecular formula is C111H128O22. The van der Waals surface area contributed by atoms with Crippen LogP contribution in [-0.2, 0) is 28.7 Å². The van der Waals surface area contributed by atoms with Crippen LogP contribution in [0.2, 0.25) is 0 Å². The number of carbonyl (C=O) groups is 11. The van der Waals surface area contributed by atoms with Crippen molar-refractivity contribution >= 4 is 85.3 Å². The van der Waals surface area contributed by atoms with Gasteiger partial charge in [-0.05, 0) is 306 Å². The van der Waals surface area contributed by atoms with E-state index in [9.17, 15) is 52.7 Å². The number of hydrogen-bond acceptors (Lipinski definition) is 22. The predicted molar refractivity (Wildman–Crippen MR) is 531 cm³/mol. The molecule has 704 valence electrons. The number of hydrogen-bond donors (Lipinski definition) is 0. The first-order valence-electron chi connectivity index (χ1n) is 41.6. The fraction of sp³-hybridized carbons (Fsp3) is 0.234. The highest BCUT2D eigenvalue weighted by Gasteiger charge is 2.09. The third-order valence-electron chi connectivity index (χ3n) is 16.6. The highest BCUT2D eigenvalue weighted by atomic mass is 16.6. The van der Waals surface area contributed by atoms with Crippen molar-refractivity contribution in [2.24, 2.45) is 0 Å². The molecule has 0 aliphatic rings. The summed E-state index contributed by atoms with van der Waals surface area (Å²) < 4.78 is 55.1. The van der Waals surface area contributed by atoms with Crippen molar-refractivity contribution in [2.45, 2.75) is 96.9 Å². The first-order valence-corrected chi connectivity index (χ1v) is 41.6. The molecule has 22 nitrogen and oxygen atoms in total. The Balaban J connectivity index is 0.00000144. The van der Waals surface area contributed by atoms with Gasteiger partial charge in [0.2, 0.25) is 0 Å². The summed E-state index contributed by atoms with van der Waals surface area (Å²) in [6, 6.07) is 98.0. The molecule has 0 fully saturated rings. The van der Waals surface area contributed by atoms with Gasteiger partial charge in [-0.1, -0.05) is 140 Å². The van der Waals surface area contributed by atoms with Crippen LogP contribution in [-0.4, -0.2) is 148 Å². The van der Waals surface area contributed by atoms with E-state index in [-0.39, 0.29) is 64.4 Å². The van der Waals surface area contributed by atoms with Gasteiger partial charge in [-0.3, -0.25) is 28.8 Å². The van der Waals surface area contributed by atoms with Crippen molar-refractivity contribution in [3.05, 3.63) is 354 Å². The summed E-state index contributed by atoms with van der Waals surface area (Å²) in [7, 11) is 16.3. The Morgan fingerprint density at radius 2 is 0.338 bits per heavy atom. The number of fused-ring (bicyclic) bond motifs is 2. The van der Waals surface area contributed by atoms with Gasteiger partial charge in [0.05, 0.1) is 76.2 Å². The van der Waals surface area contributed by atoms with E-state index >= 15 is 0 Å². The van der Waals surface area contributed by atoms with E-state index in [2.05, 4.69) is 0 Å². The SMILES string of the molecule is CC(C)=O.CC(C)=O.CC(C)=O.CC(C)=O.COCCOC(=O)c1ccc(C(C)=O)cc1.COc1ccc(-c2ccc(OC)cc2)cc1.COc1ccc(C(C)=O)cc1.COc1ccc(C(C)=O)cc1.COc1ccc(C(C)=O)cc1.COc1ccc(C(C)=O)cc1.COc1ccc2cc(C(C)=O)ccc2c1.COc1ccc2cc(OC)ccc2c1.c1ccccc1.c1ccccc1. The van der Waals surface area contributed by atoms with Gasteiger partial charge in [-0.25, -0.2) is 4.79 Å². The minimum atomic E-state index is -0.410. The van der Waals surface area contributed by atoms with Crippen LogP contribution in [0.3, 0.4) is 0 Å². The van der Waals surface area contributed by atoms with Crippen LogP contribution < -0.4 is 42.6 Å². The molecule has 0 aliphatic heterocycles. The molecule has 133 heavy (non-hydrogen) atoms. The van der Waals surface area contributed by atoms with Crippen LogP contribution >= 0.6 is 0 Å². The lowest BCUT2D eigenvalue weighted by atomic mass is 10.0. The van der Waals surface area contributed by atoms with Gasteiger partial charge in [0.25, 0.3) is 0 Å². The maximum absolute atomic E-state index is 11.4. The maximum Gasteiger partial charge on any atom is 0.338 e. The predicted octanol–water partition coefficient (Wildman–Crippen LogP) is 24.3. The van der Waals surface area contributed by atoms with Crippen LogP contribution in [0.15, 0.2) is 315 Å². The Morgan fingerprint density at radius 3 is 0.526 bits per heavy atom. The zero-order valence-corrected chi connectivity index (χ0v) is 80.9. The number of benzene rings is 13. The van der Waals surface area contributed by atoms with Gasteiger partial charge < -0.3 is 71.3 Å². The molecule has 22 heteroatoms. The average molecular weight is 1810 g/mol. The second kappa shape index (κ2) is 70.7. The van der Waals surface area contributed by atoms with Gasteiger partial charge in [0.15, 0.2) is 34.7 Å². The van der Waals surface area contributed by atoms with Gasteiger partial charge in [-0.2, -0.15) is 0 Å². The lowest BCUT2D eigenvalue weighted by Gasteiger charge is -2.05. The summed E-state index contributed by atoms with van der Waals surface area (Å²) in [6.45, 7) is 22.0. The van der Waals surface area contributed by atoms with Crippen molar-refractivity contribution in [1.82, 2.24) is 0 Å². The molecule has 0 saturated carbocycles. The number of carbonyl (C=O) groups excluding carboxylic acids is 11. The second-order valence-corrected chi connectivity index (χ2v) is 28.4. The molecule has 0 amide bonds. The summed E-state index contributed by atoms with van der Waals surface area (Å²) in [6.07, 6.45) is 0. The Kier molecular flexibility index (Phi) is 62.5. The maximum atomic E-state index is 11.4. The van der Waals surface area contributed by atoms with Crippen LogP contribution in [0.4, 0.5) is 0 Å². The lowest BCUT2D eigenvalue weighted by molar-refractivity contribution is -0.115. The van der Waals surface area contributed by atoms with E-state index in [0.717, 1.165) is 78.9 Å². The second-order valence-electron chi connectivity index (χ2n) is 28.4. The van der Waals surface area contributed by atoms with Gasteiger partial charge in [0, 0.05) is 40.5 Å².